The Morgan fingerprint density at radius 1 is 0.791 bits per heavy atom. The quantitative estimate of drug-likeness (QED) is 0.219. The van der Waals surface area contributed by atoms with Gasteiger partial charge in [-0.25, -0.2) is 17.5 Å². The summed E-state index contributed by atoms with van der Waals surface area (Å²) in [7, 11) is -3.57. The van der Waals surface area contributed by atoms with Gasteiger partial charge in [-0.15, -0.1) is 0 Å². The maximum atomic E-state index is 13.9. The minimum absolute atomic E-state index is 0.0110. The smallest absolute Gasteiger partial charge is 0.247 e. The standard InChI is InChI=1S/C34H34FN3O4S/c35-29-16-11-27(12-17-29)24-38(32(39)22-15-25-13-20-31(21-14-25)43(41,42)37-30-18-19-30)33(28-9-5-2-6-10-28)34(40)36-23-26-7-3-1-4-8-26/h1-14,16-17,20-21,30,33,37H,15,18-19,22-24H2,(H,36,40)/t33-/m1/s1. The van der Waals surface area contributed by atoms with E-state index in [1.807, 2.05) is 60.7 Å². The normalized spacial score (nSPS) is 13.7. The number of halogens is 1. The largest absolute Gasteiger partial charge is 0.350 e. The average molecular weight is 600 g/mol. The molecule has 4 aromatic carbocycles. The number of hydrogen-bond donors (Lipinski definition) is 2. The lowest BCUT2D eigenvalue weighted by atomic mass is 10.0. The third kappa shape index (κ3) is 8.37. The summed E-state index contributed by atoms with van der Waals surface area (Å²) in [5, 5.41) is 2.98. The second-order valence-electron chi connectivity index (χ2n) is 10.7. The van der Waals surface area contributed by atoms with Crippen LogP contribution in [0, 0.1) is 5.82 Å². The van der Waals surface area contributed by atoms with Crippen molar-refractivity contribution in [2.75, 3.05) is 0 Å². The summed E-state index contributed by atoms with van der Waals surface area (Å²) in [6.45, 7) is 0.397. The van der Waals surface area contributed by atoms with Crippen LogP contribution >= 0.6 is 0 Å². The lowest BCUT2D eigenvalue weighted by Crippen LogP contribution is -2.43. The highest BCUT2D eigenvalue weighted by Gasteiger charge is 2.31. The maximum Gasteiger partial charge on any atom is 0.247 e. The van der Waals surface area contributed by atoms with E-state index in [0.29, 0.717) is 24.1 Å². The van der Waals surface area contributed by atoms with Gasteiger partial charge in [0.2, 0.25) is 21.8 Å². The first-order valence-electron chi connectivity index (χ1n) is 14.3. The number of rotatable bonds is 13. The number of hydrogen-bond acceptors (Lipinski definition) is 4. The lowest BCUT2D eigenvalue weighted by Gasteiger charge is -2.32. The molecule has 9 heteroatoms. The molecule has 5 rings (SSSR count). The minimum Gasteiger partial charge on any atom is -0.350 e. The summed E-state index contributed by atoms with van der Waals surface area (Å²) in [6.07, 6.45) is 2.13. The van der Waals surface area contributed by atoms with Gasteiger partial charge in [-0.1, -0.05) is 84.9 Å². The number of carbonyl (C=O) groups is 2. The Hall–Kier alpha value is -4.34. The highest BCUT2D eigenvalue weighted by molar-refractivity contribution is 7.89. The molecule has 0 saturated heterocycles. The van der Waals surface area contributed by atoms with Gasteiger partial charge in [0, 0.05) is 25.6 Å². The molecule has 43 heavy (non-hydrogen) atoms. The molecule has 0 spiro atoms. The van der Waals surface area contributed by atoms with E-state index in [-0.39, 0.29) is 41.5 Å². The fourth-order valence-corrected chi connectivity index (χ4v) is 6.12. The molecule has 2 amide bonds. The van der Waals surface area contributed by atoms with Crippen molar-refractivity contribution >= 4 is 21.8 Å². The average Bonchev–Trinajstić information content (AvgIpc) is 3.84. The molecule has 0 aromatic heterocycles. The molecule has 2 N–H and O–H groups in total. The van der Waals surface area contributed by atoms with Crippen molar-refractivity contribution in [3.8, 4) is 0 Å². The first-order chi connectivity index (χ1) is 20.8. The molecular formula is C34H34FN3O4S. The molecule has 0 radical (unpaired) electrons. The Labute approximate surface area is 251 Å². The molecular weight excluding hydrogens is 565 g/mol. The van der Waals surface area contributed by atoms with Crippen molar-refractivity contribution in [3.05, 3.63) is 137 Å². The van der Waals surface area contributed by atoms with Crippen LogP contribution in [0.15, 0.2) is 114 Å². The van der Waals surface area contributed by atoms with Gasteiger partial charge in [0.05, 0.1) is 4.90 Å². The zero-order chi connectivity index (χ0) is 30.2. The van der Waals surface area contributed by atoms with Crippen molar-refractivity contribution in [1.82, 2.24) is 14.9 Å². The van der Waals surface area contributed by atoms with Crippen molar-refractivity contribution in [1.29, 1.82) is 0 Å². The van der Waals surface area contributed by atoms with E-state index < -0.39 is 16.1 Å². The Morgan fingerprint density at radius 2 is 1.40 bits per heavy atom. The fraction of sp³-hybridized carbons (Fsp3) is 0.235. The molecule has 0 heterocycles. The number of nitrogens with one attached hydrogen (secondary N) is 2. The SMILES string of the molecule is O=C(NCc1ccccc1)[C@@H](c1ccccc1)N(Cc1ccc(F)cc1)C(=O)CCc1ccc(S(=O)(=O)NC2CC2)cc1. The summed E-state index contributed by atoms with van der Waals surface area (Å²) >= 11 is 0. The van der Waals surface area contributed by atoms with Crippen LogP contribution in [0.1, 0.15) is 47.6 Å². The highest BCUT2D eigenvalue weighted by atomic mass is 32.2. The van der Waals surface area contributed by atoms with Crippen LogP contribution in [0.3, 0.4) is 0 Å². The first kappa shape index (κ1) is 30.1. The summed E-state index contributed by atoms with van der Waals surface area (Å²) in [5.41, 5.74) is 3.06. The number of amides is 2. The third-order valence-corrected chi connectivity index (χ3v) is 8.87. The fourth-order valence-electron chi connectivity index (χ4n) is 4.82. The zero-order valence-electron chi connectivity index (χ0n) is 23.7. The van der Waals surface area contributed by atoms with E-state index in [9.17, 15) is 22.4 Å². The summed E-state index contributed by atoms with van der Waals surface area (Å²) < 4.78 is 41.4. The van der Waals surface area contributed by atoms with Crippen LogP contribution in [-0.4, -0.2) is 31.2 Å². The molecule has 4 aromatic rings. The van der Waals surface area contributed by atoms with Crippen LogP contribution in [0.2, 0.25) is 0 Å². The van der Waals surface area contributed by atoms with E-state index >= 15 is 0 Å². The van der Waals surface area contributed by atoms with Gasteiger partial charge < -0.3 is 10.2 Å². The molecule has 0 aliphatic heterocycles. The Morgan fingerprint density at radius 3 is 2.02 bits per heavy atom. The number of benzene rings is 4. The number of aryl methyl sites for hydroxylation is 1. The van der Waals surface area contributed by atoms with Gasteiger partial charge in [-0.3, -0.25) is 9.59 Å². The summed E-state index contributed by atoms with van der Waals surface area (Å²) in [5.74, 6) is -0.983. The molecule has 1 saturated carbocycles. The van der Waals surface area contributed by atoms with Gasteiger partial charge in [-0.2, -0.15) is 0 Å². The summed E-state index contributed by atoms with van der Waals surface area (Å²) in [4.78, 5) is 29.4. The molecule has 1 fully saturated rings. The Bertz CT molecular complexity index is 1630. The molecule has 1 aliphatic carbocycles. The Balaban J connectivity index is 1.37. The van der Waals surface area contributed by atoms with Crippen molar-refractivity contribution in [2.45, 2.75) is 55.8 Å². The Kier molecular flexibility index (Phi) is 9.64. The molecule has 7 nitrogen and oxygen atoms in total. The van der Waals surface area contributed by atoms with Crippen molar-refractivity contribution < 1.29 is 22.4 Å². The number of nitrogens with zero attached hydrogens (tertiary/aromatic N) is 1. The van der Waals surface area contributed by atoms with E-state index in [0.717, 1.165) is 24.0 Å². The van der Waals surface area contributed by atoms with Gasteiger partial charge in [0.25, 0.3) is 0 Å². The van der Waals surface area contributed by atoms with Crippen molar-refractivity contribution in [2.24, 2.45) is 0 Å². The van der Waals surface area contributed by atoms with Crippen molar-refractivity contribution in [3.63, 3.8) is 0 Å². The van der Waals surface area contributed by atoms with Crippen LogP contribution in [-0.2, 0) is 39.1 Å². The topological polar surface area (TPSA) is 95.6 Å². The van der Waals surface area contributed by atoms with Crippen LogP contribution in [0.5, 0.6) is 0 Å². The molecule has 222 valence electrons. The predicted molar refractivity (Wildman–Crippen MR) is 163 cm³/mol. The number of carbonyl (C=O) groups excluding carboxylic acids is 2. The van der Waals surface area contributed by atoms with Gasteiger partial charge in [-0.05, 0) is 65.8 Å². The van der Waals surface area contributed by atoms with Gasteiger partial charge in [0.1, 0.15) is 11.9 Å². The highest BCUT2D eigenvalue weighted by Crippen LogP contribution is 2.26. The molecule has 1 aliphatic rings. The van der Waals surface area contributed by atoms with E-state index in [1.165, 1.54) is 17.0 Å². The van der Waals surface area contributed by atoms with E-state index in [1.54, 1.807) is 36.4 Å². The van der Waals surface area contributed by atoms with E-state index in [4.69, 9.17) is 0 Å². The van der Waals surface area contributed by atoms with Crippen LogP contribution < -0.4 is 10.0 Å². The van der Waals surface area contributed by atoms with Gasteiger partial charge >= 0.3 is 0 Å². The second-order valence-corrected chi connectivity index (χ2v) is 12.4. The number of sulfonamides is 1. The second kappa shape index (κ2) is 13.8. The molecule has 0 bridgehead atoms. The minimum atomic E-state index is -3.57. The van der Waals surface area contributed by atoms with Crippen LogP contribution in [0.4, 0.5) is 4.39 Å². The van der Waals surface area contributed by atoms with Crippen LogP contribution in [0.25, 0.3) is 0 Å². The van der Waals surface area contributed by atoms with Gasteiger partial charge in [0.15, 0.2) is 0 Å². The maximum absolute atomic E-state index is 13.9. The van der Waals surface area contributed by atoms with E-state index in [2.05, 4.69) is 10.0 Å². The lowest BCUT2D eigenvalue weighted by molar-refractivity contribution is -0.141. The molecule has 0 unspecified atom stereocenters. The first-order valence-corrected chi connectivity index (χ1v) is 15.8. The predicted octanol–water partition coefficient (Wildman–Crippen LogP) is 5.29. The summed E-state index contributed by atoms with van der Waals surface area (Å²) in [6, 6.07) is 30.1. The monoisotopic (exact) mass is 599 g/mol. The molecule has 1 atom stereocenters. The zero-order valence-corrected chi connectivity index (χ0v) is 24.5. The third-order valence-electron chi connectivity index (χ3n) is 7.33.